The van der Waals surface area contributed by atoms with Crippen molar-refractivity contribution in [2.24, 2.45) is 5.92 Å². The fourth-order valence-electron chi connectivity index (χ4n) is 3.15. The minimum atomic E-state index is -3.73. The van der Waals surface area contributed by atoms with Crippen LogP contribution in [0.5, 0.6) is 11.5 Å². The Bertz CT molecular complexity index is 897. The average Bonchev–Trinajstić information content (AvgIpc) is 3.07. The van der Waals surface area contributed by atoms with E-state index in [-0.39, 0.29) is 15.8 Å². The van der Waals surface area contributed by atoms with Gasteiger partial charge in [-0.2, -0.15) is 0 Å². The van der Waals surface area contributed by atoms with E-state index in [0.29, 0.717) is 31.3 Å². The Morgan fingerprint density at radius 3 is 2.84 bits per heavy atom. The first-order valence-electron chi connectivity index (χ1n) is 8.12. The highest BCUT2D eigenvalue weighted by molar-refractivity contribution is 7.89. The fourth-order valence-corrected chi connectivity index (χ4v) is 4.79. The van der Waals surface area contributed by atoms with E-state index in [9.17, 15) is 8.42 Å². The maximum atomic E-state index is 12.7. The molecule has 1 aromatic carbocycles. The van der Waals surface area contributed by atoms with Crippen molar-refractivity contribution in [3.8, 4) is 11.5 Å². The second-order valence-corrected chi connectivity index (χ2v) is 8.32. The third-order valence-electron chi connectivity index (χ3n) is 4.50. The van der Waals surface area contributed by atoms with Gasteiger partial charge in [-0.3, -0.25) is 0 Å². The zero-order chi connectivity index (χ0) is 17.4. The Hall–Kier alpha value is -1.77. The van der Waals surface area contributed by atoms with Crippen LogP contribution < -0.4 is 14.2 Å². The summed E-state index contributed by atoms with van der Waals surface area (Å²) in [6, 6.07) is 2.91. The van der Waals surface area contributed by atoms with Gasteiger partial charge in [0.15, 0.2) is 11.5 Å². The molecule has 2 aliphatic rings. The molecule has 2 aliphatic heterocycles. The summed E-state index contributed by atoms with van der Waals surface area (Å²) in [5.41, 5.74) is 0. The van der Waals surface area contributed by atoms with E-state index >= 15 is 0 Å². The molecule has 0 aliphatic carbocycles. The van der Waals surface area contributed by atoms with E-state index in [2.05, 4.69) is 14.3 Å². The van der Waals surface area contributed by atoms with Crippen molar-refractivity contribution in [3.05, 3.63) is 35.4 Å². The Labute approximate surface area is 151 Å². The molecular weight excluding hydrogens is 366 g/mol. The minimum Gasteiger partial charge on any atom is -0.486 e. The normalized spacial score (nSPS) is 19.5. The first kappa shape index (κ1) is 16.7. The number of fused-ring (bicyclic) bond motifs is 2. The molecule has 0 saturated carbocycles. The number of halogens is 1. The summed E-state index contributed by atoms with van der Waals surface area (Å²) in [5.74, 6) is 2.07. The van der Waals surface area contributed by atoms with Crippen LogP contribution >= 0.6 is 11.6 Å². The van der Waals surface area contributed by atoms with Crippen LogP contribution in [0.25, 0.3) is 0 Å². The summed E-state index contributed by atoms with van der Waals surface area (Å²) in [4.78, 5) is 4.32. The molecule has 2 aromatic rings. The number of nitrogens with zero attached hydrogens (tertiary/aromatic N) is 2. The summed E-state index contributed by atoms with van der Waals surface area (Å²) >= 11 is 6.15. The predicted molar refractivity (Wildman–Crippen MR) is 91.7 cm³/mol. The Kier molecular flexibility index (Phi) is 4.35. The number of hydrogen-bond acceptors (Lipinski definition) is 5. The summed E-state index contributed by atoms with van der Waals surface area (Å²) in [7, 11) is -3.73. The molecule has 0 saturated heterocycles. The smallest absolute Gasteiger partial charge is 0.242 e. The lowest BCUT2D eigenvalue weighted by Crippen LogP contribution is -2.33. The molecule has 0 radical (unpaired) electrons. The molecule has 0 unspecified atom stereocenters. The van der Waals surface area contributed by atoms with Crippen LogP contribution in [0.15, 0.2) is 29.4 Å². The molecule has 7 nitrogen and oxygen atoms in total. The van der Waals surface area contributed by atoms with Gasteiger partial charge < -0.3 is 14.0 Å². The molecule has 0 bridgehead atoms. The Morgan fingerprint density at radius 2 is 2.04 bits per heavy atom. The maximum Gasteiger partial charge on any atom is 0.242 e. The SMILES string of the molecule is O=S(=O)(NC[C@H]1CCn2ccnc2C1)c1cc2c(cc1Cl)OCCO2. The summed E-state index contributed by atoms with van der Waals surface area (Å²) in [6.45, 7) is 2.01. The van der Waals surface area contributed by atoms with Gasteiger partial charge in [-0.25, -0.2) is 18.1 Å². The summed E-state index contributed by atoms with van der Waals surface area (Å²) < 4.78 is 41.0. The molecule has 1 atom stereocenters. The first-order chi connectivity index (χ1) is 12.0. The fraction of sp³-hybridized carbons (Fsp3) is 0.438. The Balaban J connectivity index is 1.49. The molecule has 0 fully saturated rings. The number of aryl methyl sites for hydroxylation is 1. The number of rotatable bonds is 4. The number of nitrogens with one attached hydrogen (secondary N) is 1. The third-order valence-corrected chi connectivity index (χ3v) is 6.39. The van der Waals surface area contributed by atoms with Gasteiger partial charge in [0.1, 0.15) is 23.9 Å². The molecule has 0 amide bonds. The van der Waals surface area contributed by atoms with E-state index in [1.54, 1.807) is 6.20 Å². The highest BCUT2D eigenvalue weighted by atomic mass is 35.5. The van der Waals surface area contributed by atoms with Crippen molar-refractivity contribution in [1.29, 1.82) is 0 Å². The second kappa shape index (κ2) is 6.51. The molecule has 4 rings (SSSR count). The van der Waals surface area contributed by atoms with Gasteiger partial charge in [0.25, 0.3) is 0 Å². The third kappa shape index (κ3) is 3.33. The van der Waals surface area contributed by atoms with Crippen LogP contribution in [0.4, 0.5) is 0 Å². The number of benzene rings is 1. The molecule has 3 heterocycles. The molecular formula is C16H18ClN3O4S. The van der Waals surface area contributed by atoms with Crippen molar-refractivity contribution in [2.45, 2.75) is 24.3 Å². The number of imidazole rings is 1. The largest absolute Gasteiger partial charge is 0.486 e. The van der Waals surface area contributed by atoms with Crippen molar-refractivity contribution in [2.75, 3.05) is 19.8 Å². The average molecular weight is 384 g/mol. The van der Waals surface area contributed by atoms with Crippen molar-refractivity contribution >= 4 is 21.6 Å². The van der Waals surface area contributed by atoms with Gasteiger partial charge in [-0.15, -0.1) is 0 Å². The minimum absolute atomic E-state index is 0.00993. The lowest BCUT2D eigenvalue weighted by molar-refractivity contribution is 0.171. The molecule has 0 spiro atoms. The quantitative estimate of drug-likeness (QED) is 0.871. The van der Waals surface area contributed by atoms with E-state index in [0.717, 1.165) is 25.2 Å². The highest BCUT2D eigenvalue weighted by Crippen LogP contribution is 2.37. The number of ether oxygens (including phenoxy) is 2. The molecule has 9 heteroatoms. The zero-order valence-electron chi connectivity index (χ0n) is 13.4. The van der Waals surface area contributed by atoms with Gasteiger partial charge in [0.2, 0.25) is 10.0 Å². The van der Waals surface area contributed by atoms with Crippen LogP contribution in [-0.4, -0.2) is 37.7 Å². The Morgan fingerprint density at radius 1 is 1.28 bits per heavy atom. The number of aromatic nitrogens is 2. The van der Waals surface area contributed by atoms with E-state index in [1.807, 2.05) is 6.20 Å². The van der Waals surface area contributed by atoms with Crippen LogP contribution in [0.2, 0.25) is 5.02 Å². The predicted octanol–water partition coefficient (Wildman–Crippen LogP) is 1.85. The summed E-state index contributed by atoms with van der Waals surface area (Å²) in [5, 5.41) is 0.121. The van der Waals surface area contributed by atoms with Gasteiger partial charge in [-0.1, -0.05) is 11.6 Å². The molecule has 25 heavy (non-hydrogen) atoms. The van der Waals surface area contributed by atoms with Gasteiger partial charge in [0, 0.05) is 44.0 Å². The van der Waals surface area contributed by atoms with E-state index in [1.165, 1.54) is 12.1 Å². The lowest BCUT2D eigenvalue weighted by Gasteiger charge is -2.24. The second-order valence-electron chi connectivity index (χ2n) is 6.17. The van der Waals surface area contributed by atoms with E-state index in [4.69, 9.17) is 21.1 Å². The summed E-state index contributed by atoms with van der Waals surface area (Å²) in [6.07, 6.45) is 5.38. The van der Waals surface area contributed by atoms with Crippen molar-refractivity contribution in [3.63, 3.8) is 0 Å². The van der Waals surface area contributed by atoms with Gasteiger partial charge in [0.05, 0.1) is 5.02 Å². The molecule has 1 N–H and O–H groups in total. The lowest BCUT2D eigenvalue weighted by atomic mass is 9.98. The van der Waals surface area contributed by atoms with Crippen molar-refractivity contribution < 1.29 is 17.9 Å². The van der Waals surface area contributed by atoms with Crippen LogP contribution in [0, 0.1) is 5.92 Å². The van der Waals surface area contributed by atoms with E-state index < -0.39 is 10.0 Å². The highest BCUT2D eigenvalue weighted by Gasteiger charge is 2.26. The van der Waals surface area contributed by atoms with Crippen LogP contribution in [-0.2, 0) is 23.0 Å². The monoisotopic (exact) mass is 383 g/mol. The first-order valence-corrected chi connectivity index (χ1v) is 9.98. The van der Waals surface area contributed by atoms with Gasteiger partial charge >= 0.3 is 0 Å². The standard InChI is InChI=1S/C16H18ClN3O4S/c17-12-8-13-14(24-6-5-23-13)9-15(12)25(21,22)19-10-11-1-3-20-4-2-18-16(20)7-11/h2,4,8-9,11,19H,1,3,5-7,10H2/t11-/m0/s1. The number of hydrogen-bond donors (Lipinski definition) is 1. The van der Waals surface area contributed by atoms with Crippen LogP contribution in [0.1, 0.15) is 12.2 Å². The van der Waals surface area contributed by atoms with Crippen molar-refractivity contribution in [1.82, 2.24) is 14.3 Å². The maximum absolute atomic E-state index is 12.7. The molecule has 134 valence electrons. The van der Waals surface area contributed by atoms with Crippen LogP contribution in [0.3, 0.4) is 0 Å². The molecule has 1 aromatic heterocycles. The van der Waals surface area contributed by atoms with Gasteiger partial charge in [-0.05, 0) is 12.3 Å². The zero-order valence-corrected chi connectivity index (χ0v) is 15.0. The number of sulfonamides is 1. The topological polar surface area (TPSA) is 82.5 Å².